The van der Waals surface area contributed by atoms with Crippen LogP contribution in [0.15, 0.2) is 17.3 Å². The number of nitrogens with one attached hydrogen (secondary N) is 1. The van der Waals surface area contributed by atoms with Gasteiger partial charge < -0.3 is 5.73 Å². The van der Waals surface area contributed by atoms with Crippen LogP contribution in [0.5, 0.6) is 0 Å². The molecule has 1 fully saturated rings. The minimum Gasteiger partial charge on any atom is -0.329 e. The van der Waals surface area contributed by atoms with Crippen LogP contribution in [0.25, 0.3) is 0 Å². The second kappa shape index (κ2) is 6.46. The van der Waals surface area contributed by atoms with E-state index in [0.29, 0.717) is 19.0 Å². The molecular weight excluding hydrogens is 288 g/mol. The summed E-state index contributed by atoms with van der Waals surface area (Å²) >= 11 is 0. The molecule has 2 rings (SSSR count). The lowest BCUT2D eigenvalue weighted by atomic mass is 9.77. The molecule has 6 nitrogen and oxygen atoms in total. The summed E-state index contributed by atoms with van der Waals surface area (Å²) in [5, 5.41) is 6.36. The summed E-state index contributed by atoms with van der Waals surface area (Å²) < 4.78 is 27.5. The number of hydrogen-bond acceptors (Lipinski definition) is 4. The second-order valence-electron chi connectivity index (χ2n) is 6.12. The third-order valence-corrected chi connectivity index (χ3v) is 6.57. The summed E-state index contributed by atoms with van der Waals surface area (Å²) in [6.07, 6.45) is 7.30. The van der Waals surface area contributed by atoms with Crippen molar-refractivity contribution >= 4 is 10.0 Å². The van der Waals surface area contributed by atoms with E-state index in [0.717, 1.165) is 32.1 Å². The molecule has 0 aliphatic heterocycles. The van der Waals surface area contributed by atoms with Crippen LogP contribution >= 0.6 is 0 Å². The lowest BCUT2D eigenvalue weighted by Crippen LogP contribution is -2.57. The van der Waals surface area contributed by atoms with E-state index in [1.54, 1.807) is 4.31 Å². The topological polar surface area (TPSA) is 92.1 Å². The molecule has 21 heavy (non-hydrogen) atoms. The highest BCUT2D eigenvalue weighted by Gasteiger charge is 2.44. The molecule has 0 unspecified atom stereocenters. The van der Waals surface area contributed by atoms with Gasteiger partial charge in [-0.15, -0.1) is 0 Å². The number of nitrogens with zero attached hydrogens (tertiary/aromatic N) is 2. The van der Waals surface area contributed by atoms with Crippen molar-refractivity contribution < 1.29 is 8.42 Å². The van der Waals surface area contributed by atoms with Crippen LogP contribution in [0.3, 0.4) is 0 Å². The Morgan fingerprint density at radius 2 is 2.14 bits per heavy atom. The lowest BCUT2D eigenvalue weighted by molar-refractivity contribution is 0.115. The fourth-order valence-electron chi connectivity index (χ4n) is 3.18. The molecule has 0 radical (unpaired) electrons. The normalized spacial score (nSPS) is 27.1. The van der Waals surface area contributed by atoms with Gasteiger partial charge >= 0.3 is 0 Å². The molecule has 0 bridgehead atoms. The number of aromatic nitrogens is 2. The van der Waals surface area contributed by atoms with Gasteiger partial charge in [-0.3, -0.25) is 5.10 Å². The van der Waals surface area contributed by atoms with Gasteiger partial charge in [0.05, 0.1) is 6.20 Å². The molecule has 1 aromatic heterocycles. The van der Waals surface area contributed by atoms with Crippen molar-refractivity contribution in [3.63, 3.8) is 0 Å². The first-order chi connectivity index (χ1) is 9.96. The Bertz CT molecular complexity index is 533. The van der Waals surface area contributed by atoms with E-state index in [1.807, 2.05) is 6.92 Å². The van der Waals surface area contributed by atoms with Crippen molar-refractivity contribution in [3.05, 3.63) is 12.4 Å². The summed E-state index contributed by atoms with van der Waals surface area (Å²) in [6, 6.07) is 0. The zero-order valence-corrected chi connectivity index (χ0v) is 13.7. The van der Waals surface area contributed by atoms with Crippen LogP contribution in [-0.2, 0) is 10.0 Å². The van der Waals surface area contributed by atoms with Gasteiger partial charge in [-0.2, -0.15) is 9.40 Å². The van der Waals surface area contributed by atoms with Crippen molar-refractivity contribution in [2.24, 2.45) is 11.7 Å². The number of aromatic amines is 1. The Hall–Kier alpha value is -0.920. The van der Waals surface area contributed by atoms with Gasteiger partial charge in [-0.05, 0) is 38.0 Å². The molecular formula is C14H26N4O2S. The quantitative estimate of drug-likeness (QED) is 0.836. The van der Waals surface area contributed by atoms with Gasteiger partial charge in [-0.1, -0.05) is 13.8 Å². The Morgan fingerprint density at radius 3 is 2.62 bits per heavy atom. The van der Waals surface area contributed by atoms with E-state index in [-0.39, 0.29) is 4.90 Å². The predicted octanol–water partition coefficient (Wildman–Crippen LogP) is 1.72. The van der Waals surface area contributed by atoms with E-state index >= 15 is 0 Å². The summed E-state index contributed by atoms with van der Waals surface area (Å²) in [6.45, 7) is 5.08. The van der Waals surface area contributed by atoms with Crippen molar-refractivity contribution in [3.8, 4) is 0 Å². The maximum absolute atomic E-state index is 12.9. The summed E-state index contributed by atoms with van der Waals surface area (Å²) in [5.74, 6) is 0.643. The SMILES string of the molecule is CCCN(C1(CN)CCC(C)CC1)S(=O)(=O)c1cn[nH]c1. The van der Waals surface area contributed by atoms with E-state index in [2.05, 4.69) is 17.1 Å². The van der Waals surface area contributed by atoms with Crippen LogP contribution in [-0.4, -0.2) is 41.5 Å². The van der Waals surface area contributed by atoms with E-state index in [4.69, 9.17) is 5.73 Å². The number of sulfonamides is 1. The largest absolute Gasteiger partial charge is 0.329 e. The number of nitrogens with two attached hydrogens (primary N) is 1. The molecule has 0 spiro atoms. The second-order valence-corrected chi connectivity index (χ2v) is 7.98. The highest BCUT2D eigenvalue weighted by Crippen LogP contribution is 2.38. The van der Waals surface area contributed by atoms with E-state index < -0.39 is 15.6 Å². The van der Waals surface area contributed by atoms with Crippen molar-refractivity contribution in [1.29, 1.82) is 0 Å². The third-order valence-electron chi connectivity index (χ3n) is 4.60. The molecule has 1 aromatic rings. The zero-order valence-electron chi connectivity index (χ0n) is 12.9. The van der Waals surface area contributed by atoms with Crippen molar-refractivity contribution in [2.45, 2.75) is 56.4 Å². The maximum Gasteiger partial charge on any atom is 0.246 e. The number of H-pyrrole nitrogens is 1. The molecule has 1 saturated carbocycles. The molecule has 1 aliphatic carbocycles. The van der Waals surface area contributed by atoms with Gasteiger partial charge in [0.25, 0.3) is 0 Å². The molecule has 7 heteroatoms. The van der Waals surface area contributed by atoms with E-state index in [9.17, 15) is 8.42 Å². The maximum atomic E-state index is 12.9. The van der Waals surface area contributed by atoms with Gasteiger partial charge in [0.1, 0.15) is 4.90 Å². The Balaban J connectivity index is 2.37. The molecule has 1 heterocycles. The first kappa shape index (κ1) is 16.5. The van der Waals surface area contributed by atoms with Gasteiger partial charge in [0, 0.05) is 24.8 Å². The fourth-order valence-corrected chi connectivity index (χ4v) is 5.01. The van der Waals surface area contributed by atoms with Gasteiger partial charge in [0.2, 0.25) is 10.0 Å². The van der Waals surface area contributed by atoms with Crippen LogP contribution in [0.1, 0.15) is 46.0 Å². The average molecular weight is 314 g/mol. The Labute approximate surface area is 127 Å². The van der Waals surface area contributed by atoms with Crippen molar-refractivity contribution in [2.75, 3.05) is 13.1 Å². The van der Waals surface area contributed by atoms with Crippen LogP contribution in [0.2, 0.25) is 0 Å². The zero-order chi connectivity index (χ0) is 15.5. The molecule has 0 amide bonds. The molecule has 0 aromatic carbocycles. The standard InChI is InChI=1S/C14H26N4O2S/c1-3-8-18(21(19,20)13-9-16-17-10-13)14(11-15)6-4-12(2)5-7-14/h9-10,12H,3-8,11,15H2,1-2H3,(H,16,17). The fraction of sp³-hybridized carbons (Fsp3) is 0.786. The Kier molecular flexibility index (Phi) is 5.06. The molecule has 0 saturated heterocycles. The van der Waals surface area contributed by atoms with E-state index in [1.165, 1.54) is 12.4 Å². The van der Waals surface area contributed by atoms with Gasteiger partial charge in [-0.25, -0.2) is 8.42 Å². The van der Waals surface area contributed by atoms with Crippen LogP contribution in [0.4, 0.5) is 0 Å². The van der Waals surface area contributed by atoms with Gasteiger partial charge in [0.15, 0.2) is 0 Å². The molecule has 0 atom stereocenters. The smallest absolute Gasteiger partial charge is 0.246 e. The highest BCUT2D eigenvalue weighted by molar-refractivity contribution is 7.89. The number of hydrogen-bond donors (Lipinski definition) is 2. The first-order valence-corrected chi connectivity index (χ1v) is 9.12. The van der Waals surface area contributed by atoms with Crippen LogP contribution < -0.4 is 5.73 Å². The van der Waals surface area contributed by atoms with Crippen LogP contribution in [0, 0.1) is 5.92 Å². The summed E-state index contributed by atoms with van der Waals surface area (Å²) in [4.78, 5) is 0.224. The summed E-state index contributed by atoms with van der Waals surface area (Å²) in [7, 11) is -3.55. The first-order valence-electron chi connectivity index (χ1n) is 7.68. The third kappa shape index (κ3) is 3.14. The minimum absolute atomic E-state index is 0.224. The monoisotopic (exact) mass is 314 g/mol. The highest BCUT2D eigenvalue weighted by atomic mass is 32.2. The molecule has 3 N–H and O–H groups in total. The lowest BCUT2D eigenvalue weighted by Gasteiger charge is -2.46. The predicted molar refractivity (Wildman–Crippen MR) is 82.2 cm³/mol. The summed E-state index contributed by atoms with van der Waals surface area (Å²) in [5.41, 5.74) is 5.59. The average Bonchev–Trinajstić information content (AvgIpc) is 3.01. The number of rotatable bonds is 6. The minimum atomic E-state index is -3.55. The molecule has 1 aliphatic rings. The molecule has 120 valence electrons. The van der Waals surface area contributed by atoms with Crippen molar-refractivity contribution in [1.82, 2.24) is 14.5 Å². The Morgan fingerprint density at radius 1 is 1.48 bits per heavy atom.